The maximum absolute atomic E-state index is 6.10. The van der Waals surface area contributed by atoms with E-state index >= 15 is 0 Å². The average molecular weight is 185 g/mol. The van der Waals surface area contributed by atoms with Crippen molar-refractivity contribution in [3.8, 4) is 0 Å². The molecule has 0 bridgehead atoms. The average Bonchev–Trinajstić information content (AvgIpc) is 2.15. The molecule has 2 heteroatoms. The zero-order chi connectivity index (χ0) is 8.81. The number of benzene rings is 1. The highest BCUT2D eigenvalue weighted by Gasteiger charge is 2.05. The van der Waals surface area contributed by atoms with Crippen molar-refractivity contribution in [1.82, 2.24) is 0 Å². The van der Waals surface area contributed by atoms with E-state index in [1.54, 1.807) is 7.11 Å². The van der Waals surface area contributed by atoms with E-state index in [1.165, 1.54) is 0 Å². The Balaban J connectivity index is 2.48. The predicted octanol–water partition coefficient (Wildman–Crippen LogP) is 3.00. The van der Waals surface area contributed by atoms with Crippen molar-refractivity contribution >= 4 is 11.6 Å². The van der Waals surface area contributed by atoms with E-state index in [0.29, 0.717) is 6.61 Å². The molecule has 1 aromatic carbocycles. The van der Waals surface area contributed by atoms with Crippen LogP contribution in [0.3, 0.4) is 0 Å². The summed E-state index contributed by atoms with van der Waals surface area (Å²) in [6.45, 7) is 0.711. The van der Waals surface area contributed by atoms with Gasteiger partial charge in [0.25, 0.3) is 0 Å². The highest BCUT2D eigenvalue weighted by Crippen LogP contribution is 2.23. The topological polar surface area (TPSA) is 9.23 Å². The lowest BCUT2D eigenvalue weighted by molar-refractivity contribution is 0.194. The zero-order valence-corrected chi connectivity index (χ0v) is 7.92. The van der Waals surface area contributed by atoms with Gasteiger partial charge in [-0.1, -0.05) is 30.3 Å². The highest BCUT2D eigenvalue weighted by atomic mass is 35.5. The number of hydrogen-bond donors (Lipinski definition) is 0. The third-order valence-electron chi connectivity index (χ3n) is 1.74. The van der Waals surface area contributed by atoms with Crippen LogP contribution in [0.15, 0.2) is 30.3 Å². The molecule has 0 aromatic heterocycles. The molecule has 0 N–H and O–H groups in total. The SMILES string of the molecule is COCC[C@@H](Cl)c1ccccc1. The Hall–Kier alpha value is -0.530. The second-order valence-corrected chi connectivity index (χ2v) is 3.19. The molecule has 0 radical (unpaired) electrons. The molecule has 0 heterocycles. The normalized spacial score (nSPS) is 12.8. The summed E-state index contributed by atoms with van der Waals surface area (Å²) in [5, 5.41) is 0.0751. The molecule has 0 aliphatic carbocycles. The fraction of sp³-hybridized carbons (Fsp3) is 0.400. The molecule has 66 valence electrons. The summed E-state index contributed by atoms with van der Waals surface area (Å²) < 4.78 is 4.95. The van der Waals surface area contributed by atoms with Gasteiger partial charge in [0, 0.05) is 13.7 Å². The van der Waals surface area contributed by atoms with Crippen molar-refractivity contribution in [3.05, 3.63) is 35.9 Å². The van der Waals surface area contributed by atoms with Crippen LogP contribution < -0.4 is 0 Å². The maximum Gasteiger partial charge on any atom is 0.0607 e. The van der Waals surface area contributed by atoms with Crippen LogP contribution in [0.1, 0.15) is 17.4 Å². The van der Waals surface area contributed by atoms with Crippen LogP contribution in [0, 0.1) is 0 Å². The number of rotatable bonds is 4. The lowest BCUT2D eigenvalue weighted by Gasteiger charge is -2.07. The van der Waals surface area contributed by atoms with Crippen LogP contribution >= 0.6 is 11.6 Å². The summed E-state index contributed by atoms with van der Waals surface area (Å²) in [7, 11) is 1.69. The number of halogens is 1. The van der Waals surface area contributed by atoms with Crippen LogP contribution in [0.25, 0.3) is 0 Å². The van der Waals surface area contributed by atoms with Gasteiger partial charge in [0.15, 0.2) is 0 Å². The fourth-order valence-electron chi connectivity index (χ4n) is 1.05. The first-order valence-corrected chi connectivity index (χ1v) is 4.46. The van der Waals surface area contributed by atoms with Gasteiger partial charge in [0.05, 0.1) is 5.38 Å². The molecule has 0 fully saturated rings. The lowest BCUT2D eigenvalue weighted by atomic mass is 10.1. The maximum atomic E-state index is 6.10. The molecular weight excluding hydrogens is 172 g/mol. The van der Waals surface area contributed by atoms with E-state index in [4.69, 9.17) is 16.3 Å². The van der Waals surface area contributed by atoms with Crippen molar-refractivity contribution < 1.29 is 4.74 Å². The fourth-order valence-corrected chi connectivity index (χ4v) is 1.28. The van der Waals surface area contributed by atoms with Crippen LogP contribution in [0.2, 0.25) is 0 Å². The van der Waals surface area contributed by atoms with Crippen LogP contribution in [-0.2, 0) is 4.74 Å². The smallest absolute Gasteiger partial charge is 0.0607 e. The number of alkyl halides is 1. The summed E-state index contributed by atoms with van der Waals surface area (Å²) >= 11 is 6.10. The molecular formula is C10H13ClO. The van der Waals surface area contributed by atoms with Gasteiger partial charge in [0.1, 0.15) is 0 Å². The molecule has 0 saturated heterocycles. The number of methoxy groups -OCH3 is 1. The van der Waals surface area contributed by atoms with Crippen LogP contribution in [0.5, 0.6) is 0 Å². The molecule has 0 amide bonds. The van der Waals surface area contributed by atoms with E-state index in [-0.39, 0.29) is 5.38 Å². The summed E-state index contributed by atoms with van der Waals surface area (Å²) in [4.78, 5) is 0. The Morgan fingerprint density at radius 2 is 2.00 bits per heavy atom. The second kappa shape index (κ2) is 5.18. The minimum absolute atomic E-state index is 0.0751. The highest BCUT2D eigenvalue weighted by molar-refractivity contribution is 6.20. The van der Waals surface area contributed by atoms with Crippen LogP contribution in [0.4, 0.5) is 0 Å². The summed E-state index contributed by atoms with van der Waals surface area (Å²) in [6.07, 6.45) is 0.863. The first-order chi connectivity index (χ1) is 5.84. The molecule has 1 aromatic rings. The van der Waals surface area contributed by atoms with Gasteiger partial charge in [-0.15, -0.1) is 11.6 Å². The van der Waals surface area contributed by atoms with E-state index in [9.17, 15) is 0 Å². The third kappa shape index (κ3) is 2.84. The number of ether oxygens (including phenoxy) is 1. The molecule has 0 spiro atoms. The van der Waals surface area contributed by atoms with Gasteiger partial charge >= 0.3 is 0 Å². The van der Waals surface area contributed by atoms with E-state index in [2.05, 4.69) is 0 Å². The Kier molecular flexibility index (Phi) is 4.12. The molecule has 1 nitrogen and oxygen atoms in total. The number of hydrogen-bond acceptors (Lipinski definition) is 1. The second-order valence-electron chi connectivity index (χ2n) is 2.66. The Morgan fingerprint density at radius 3 is 2.58 bits per heavy atom. The summed E-state index contributed by atoms with van der Waals surface area (Å²) in [6, 6.07) is 10.1. The quantitative estimate of drug-likeness (QED) is 0.654. The molecule has 0 aliphatic rings. The van der Waals surface area contributed by atoms with Gasteiger partial charge in [0.2, 0.25) is 0 Å². The molecule has 0 unspecified atom stereocenters. The van der Waals surface area contributed by atoms with Crippen LogP contribution in [-0.4, -0.2) is 13.7 Å². The lowest BCUT2D eigenvalue weighted by Crippen LogP contribution is -1.95. The molecule has 12 heavy (non-hydrogen) atoms. The van der Waals surface area contributed by atoms with Crippen molar-refractivity contribution in [3.63, 3.8) is 0 Å². The van der Waals surface area contributed by atoms with E-state index < -0.39 is 0 Å². The Labute approximate surface area is 78.3 Å². The zero-order valence-electron chi connectivity index (χ0n) is 7.16. The molecule has 1 atom stereocenters. The largest absolute Gasteiger partial charge is 0.385 e. The summed E-state index contributed by atoms with van der Waals surface area (Å²) in [5.74, 6) is 0. The van der Waals surface area contributed by atoms with Crippen molar-refractivity contribution in [2.75, 3.05) is 13.7 Å². The van der Waals surface area contributed by atoms with Crippen molar-refractivity contribution in [1.29, 1.82) is 0 Å². The van der Waals surface area contributed by atoms with Crippen molar-refractivity contribution in [2.24, 2.45) is 0 Å². The van der Waals surface area contributed by atoms with Gasteiger partial charge in [-0.2, -0.15) is 0 Å². The van der Waals surface area contributed by atoms with Gasteiger partial charge in [-0.05, 0) is 12.0 Å². The van der Waals surface area contributed by atoms with E-state index in [1.807, 2.05) is 30.3 Å². The van der Waals surface area contributed by atoms with Gasteiger partial charge < -0.3 is 4.74 Å². The minimum atomic E-state index is 0.0751. The third-order valence-corrected chi connectivity index (χ3v) is 2.21. The molecule has 1 rings (SSSR count). The first-order valence-electron chi connectivity index (χ1n) is 4.02. The predicted molar refractivity (Wildman–Crippen MR) is 51.5 cm³/mol. The molecule has 0 aliphatic heterocycles. The van der Waals surface area contributed by atoms with E-state index in [0.717, 1.165) is 12.0 Å². The Morgan fingerprint density at radius 1 is 1.33 bits per heavy atom. The monoisotopic (exact) mass is 184 g/mol. The standard InChI is InChI=1S/C10H13ClO/c1-12-8-7-10(11)9-5-3-2-4-6-9/h2-6,10H,7-8H2,1H3/t10-/m1/s1. The minimum Gasteiger partial charge on any atom is -0.385 e. The Bertz CT molecular complexity index is 210. The first kappa shape index (κ1) is 9.56. The van der Waals surface area contributed by atoms with Gasteiger partial charge in [-0.25, -0.2) is 0 Å². The van der Waals surface area contributed by atoms with Crippen molar-refractivity contribution in [2.45, 2.75) is 11.8 Å². The summed E-state index contributed by atoms with van der Waals surface area (Å²) in [5.41, 5.74) is 1.16. The molecule has 0 saturated carbocycles. The van der Waals surface area contributed by atoms with Gasteiger partial charge in [-0.3, -0.25) is 0 Å².